The summed E-state index contributed by atoms with van der Waals surface area (Å²) in [5, 5.41) is 6.52. The van der Waals surface area contributed by atoms with E-state index >= 15 is 0 Å². The Kier molecular flexibility index (Phi) is 3.29. The van der Waals surface area contributed by atoms with Crippen LogP contribution >= 0.6 is 0 Å². The second-order valence-corrected chi connectivity index (χ2v) is 4.80. The lowest BCUT2D eigenvalue weighted by molar-refractivity contribution is 0.120. The molecule has 0 aromatic carbocycles. The van der Waals surface area contributed by atoms with Gasteiger partial charge in [-0.25, -0.2) is 4.98 Å². The molecule has 98 valence electrons. The number of nitrogens with zero attached hydrogens (tertiary/aromatic N) is 2. The largest absolute Gasteiger partial charge is 0.383 e. The number of aromatic nitrogens is 2. The van der Waals surface area contributed by atoms with Crippen LogP contribution < -0.4 is 16.4 Å². The molecule has 1 saturated heterocycles. The van der Waals surface area contributed by atoms with Crippen molar-refractivity contribution in [2.45, 2.75) is 31.9 Å². The lowest BCUT2D eigenvalue weighted by Gasteiger charge is -2.19. The van der Waals surface area contributed by atoms with Crippen LogP contribution in [-0.4, -0.2) is 35.8 Å². The van der Waals surface area contributed by atoms with Crippen LogP contribution in [-0.2, 0) is 17.7 Å². The summed E-state index contributed by atoms with van der Waals surface area (Å²) in [5.41, 5.74) is 8.09. The van der Waals surface area contributed by atoms with Gasteiger partial charge in [-0.1, -0.05) is 0 Å². The van der Waals surface area contributed by atoms with E-state index in [2.05, 4.69) is 20.6 Å². The van der Waals surface area contributed by atoms with Crippen molar-refractivity contribution < 1.29 is 4.74 Å². The lowest BCUT2D eigenvalue weighted by Crippen LogP contribution is -2.27. The number of hydrogen-bond acceptors (Lipinski definition) is 6. The van der Waals surface area contributed by atoms with E-state index in [0.29, 0.717) is 11.8 Å². The molecule has 0 spiro atoms. The summed E-state index contributed by atoms with van der Waals surface area (Å²) in [7, 11) is 0. The Labute approximate surface area is 106 Å². The van der Waals surface area contributed by atoms with Gasteiger partial charge in [0, 0.05) is 25.3 Å². The van der Waals surface area contributed by atoms with E-state index in [-0.39, 0.29) is 6.10 Å². The Hall–Kier alpha value is -1.40. The molecule has 1 aromatic rings. The second kappa shape index (κ2) is 5.07. The third-order valence-corrected chi connectivity index (χ3v) is 3.48. The van der Waals surface area contributed by atoms with E-state index in [4.69, 9.17) is 10.5 Å². The van der Waals surface area contributed by atoms with Gasteiger partial charge in [0.25, 0.3) is 0 Å². The molecular weight excluding hydrogens is 230 g/mol. The zero-order chi connectivity index (χ0) is 12.4. The molecule has 2 aliphatic heterocycles. The summed E-state index contributed by atoms with van der Waals surface area (Å²) in [5.74, 6) is 1.22. The molecular formula is C12H19N5O. The van der Waals surface area contributed by atoms with Crippen molar-refractivity contribution in [1.82, 2.24) is 15.3 Å². The second-order valence-electron chi connectivity index (χ2n) is 4.80. The van der Waals surface area contributed by atoms with Gasteiger partial charge in [-0.2, -0.15) is 4.98 Å². The monoisotopic (exact) mass is 249 g/mol. The molecule has 0 radical (unpaired) electrons. The molecule has 2 aliphatic rings. The Bertz CT molecular complexity index is 431. The molecule has 6 heteroatoms. The number of nitrogens with two attached hydrogens (primary N) is 1. The SMILES string of the molecule is Nc1nc(NCC2CCCO2)nc2c1CCNC2. The zero-order valence-electron chi connectivity index (χ0n) is 10.4. The van der Waals surface area contributed by atoms with Crippen LogP contribution in [0.25, 0.3) is 0 Å². The molecule has 0 aliphatic carbocycles. The number of rotatable bonds is 3. The van der Waals surface area contributed by atoms with Gasteiger partial charge in [-0.3, -0.25) is 0 Å². The zero-order valence-corrected chi connectivity index (χ0v) is 10.4. The Balaban J connectivity index is 1.70. The van der Waals surface area contributed by atoms with Gasteiger partial charge in [0.1, 0.15) is 5.82 Å². The van der Waals surface area contributed by atoms with E-state index in [1.807, 2.05) is 0 Å². The van der Waals surface area contributed by atoms with Crippen molar-refractivity contribution in [2.24, 2.45) is 0 Å². The van der Waals surface area contributed by atoms with Crippen LogP contribution in [0.5, 0.6) is 0 Å². The van der Waals surface area contributed by atoms with Crippen molar-refractivity contribution in [3.8, 4) is 0 Å². The van der Waals surface area contributed by atoms with Gasteiger partial charge in [0.15, 0.2) is 0 Å². The summed E-state index contributed by atoms with van der Waals surface area (Å²) in [4.78, 5) is 8.83. The van der Waals surface area contributed by atoms with Gasteiger partial charge in [0.05, 0.1) is 11.8 Å². The minimum Gasteiger partial charge on any atom is -0.383 e. The van der Waals surface area contributed by atoms with Crippen LogP contribution in [0.15, 0.2) is 0 Å². The molecule has 1 atom stereocenters. The molecule has 6 nitrogen and oxygen atoms in total. The smallest absolute Gasteiger partial charge is 0.225 e. The van der Waals surface area contributed by atoms with Gasteiger partial charge in [-0.15, -0.1) is 0 Å². The Morgan fingerprint density at radius 3 is 3.22 bits per heavy atom. The maximum atomic E-state index is 5.98. The summed E-state index contributed by atoms with van der Waals surface area (Å²) in [6.45, 7) is 3.34. The van der Waals surface area contributed by atoms with E-state index < -0.39 is 0 Å². The first-order valence-electron chi connectivity index (χ1n) is 6.54. The summed E-state index contributed by atoms with van der Waals surface area (Å²) in [6, 6.07) is 0. The number of nitrogens with one attached hydrogen (secondary N) is 2. The van der Waals surface area contributed by atoms with Crippen LogP contribution in [0, 0.1) is 0 Å². The molecule has 3 heterocycles. The van der Waals surface area contributed by atoms with Crippen molar-refractivity contribution in [3.63, 3.8) is 0 Å². The number of anilines is 2. The highest BCUT2D eigenvalue weighted by Crippen LogP contribution is 2.19. The fraction of sp³-hybridized carbons (Fsp3) is 0.667. The van der Waals surface area contributed by atoms with E-state index in [9.17, 15) is 0 Å². The molecule has 1 unspecified atom stereocenters. The van der Waals surface area contributed by atoms with Gasteiger partial charge >= 0.3 is 0 Å². The van der Waals surface area contributed by atoms with Crippen molar-refractivity contribution in [3.05, 3.63) is 11.3 Å². The average molecular weight is 249 g/mol. The quantitative estimate of drug-likeness (QED) is 0.714. The molecule has 0 amide bonds. The third-order valence-electron chi connectivity index (χ3n) is 3.48. The van der Waals surface area contributed by atoms with Crippen molar-refractivity contribution >= 4 is 11.8 Å². The first-order valence-corrected chi connectivity index (χ1v) is 6.54. The highest BCUT2D eigenvalue weighted by Gasteiger charge is 2.18. The number of ether oxygens (including phenoxy) is 1. The van der Waals surface area contributed by atoms with Crippen LogP contribution in [0.2, 0.25) is 0 Å². The first-order chi connectivity index (χ1) is 8.83. The first kappa shape index (κ1) is 11.7. The fourth-order valence-corrected chi connectivity index (χ4v) is 2.48. The van der Waals surface area contributed by atoms with Gasteiger partial charge < -0.3 is 21.1 Å². The number of hydrogen-bond donors (Lipinski definition) is 3. The molecule has 4 N–H and O–H groups in total. The maximum absolute atomic E-state index is 5.98. The third kappa shape index (κ3) is 2.39. The molecule has 0 bridgehead atoms. The molecule has 3 rings (SSSR count). The number of fused-ring (bicyclic) bond motifs is 1. The summed E-state index contributed by atoms with van der Waals surface area (Å²) >= 11 is 0. The van der Waals surface area contributed by atoms with E-state index in [1.165, 1.54) is 0 Å². The van der Waals surface area contributed by atoms with Crippen molar-refractivity contribution in [1.29, 1.82) is 0 Å². The molecule has 1 aromatic heterocycles. The summed E-state index contributed by atoms with van der Waals surface area (Å²) < 4.78 is 5.56. The highest BCUT2D eigenvalue weighted by molar-refractivity contribution is 5.48. The van der Waals surface area contributed by atoms with E-state index in [1.54, 1.807) is 0 Å². The average Bonchev–Trinajstić information content (AvgIpc) is 2.90. The van der Waals surface area contributed by atoms with Gasteiger partial charge in [-0.05, 0) is 25.8 Å². The topological polar surface area (TPSA) is 85.1 Å². The lowest BCUT2D eigenvalue weighted by atomic mass is 10.1. The van der Waals surface area contributed by atoms with Crippen LogP contribution in [0.4, 0.5) is 11.8 Å². The number of nitrogen functional groups attached to an aromatic ring is 1. The predicted molar refractivity (Wildman–Crippen MR) is 69.3 cm³/mol. The Morgan fingerprint density at radius 2 is 2.39 bits per heavy atom. The fourth-order valence-electron chi connectivity index (χ4n) is 2.48. The van der Waals surface area contributed by atoms with Crippen LogP contribution in [0.1, 0.15) is 24.1 Å². The highest BCUT2D eigenvalue weighted by atomic mass is 16.5. The maximum Gasteiger partial charge on any atom is 0.225 e. The standard InChI is InChI=1S/C12H19N5O/c13-11-9-3-4-14-7-10(9)16-12(17-11)15-6-8-2-1-5-18-8/h8,14H,1-7H2,(H3,13,15,16,17). The van der Waals surface area contributed by atoms with Crippen molar-refractivity contribution in [2.75, 3.05) is 30.7 Å². The minimum absolute atomic E-state index is 0.281. The molecule has 1 fully saturated rings. The molecule has 18 heavy (non-hydrogen) atoms. The van der Waals surface area contributed by atoms with Gasteiger partial charge in [0.2, 0.25) is 5.95 Å². The minimum atomic E-state index is 0.281. The van der Waals surface area contributed by atoms with E-state index in [0.717, 1.165) is 56.8 Å². The van der Waals surface area contributed by atoms with Crippen LogP contribution in [0.3, 0.4) is 0 Å². The summed E-state index contributed by atoms with van der Waals surface area (Å²) in [6.07, 6.45) is 3.44. The normalized spacial score (nSPS) is 22.8. The molecule has 0 saturated carbocycles. The predicted octanol–water partition coefficient (Wildman–Crippen LogP) is 0.295. The Morgan fingerprint density at radius 1 is 1.44 bits per heavy atom.